The van der Waals surface area contributed by atoms with Crippen LogP contribution in [0.1, 0.15) is 19.8 Å². The number of nitrogens with one attached hydrogen (secondary N) is 1. The highest BCUT2D eigenvalue weighted by Gasteiger charge is 2.36. The molecule has 0 aromatic heterocycles. The van der Waals surface area contributed by atoms with Gasteiger partial charge in [0.2, 0.25) is 5.91 Å². The van der Waals surface area contributed by atoms with Crippen molar-refractivity contribution in [3.63, 3.8) is 0 Å². The zero-order chi connectivity index (χ0) is 12.1. The number of hydrogen-bond donors (Lipinski definition) is 2. The first-order valence-corrected chi connectivity index (χ1v) is 5.71. The Labute approximate surface area is 95.8 Å². The average Bonchev–Trinajstić information content (AvgIpc) is 2.60. The Morgan fingerprint density at radius 1 is 1.44 bits per heavy atom. The Morgan fingerprint density at radius 3 is 2.62 bits per heavy atom. The van der Waals surface area contributed by atoms with Crippen molar-refractivity contribution in [1.82, 2.24) is 10.2 Å². The molecule has 2 N–H and O–H groups in total. The van der Waals surface area contributed by atoms with E-state index in [1.165, 1.54) is 0 Å². The molecule has 0 radical (unpaired) electrons. The Morgan fingerprint density at radius 2 is 2.12 bits per heavy atom. The smallest absolute Gasteiger partial charge is 0.308 e. The van der Waals surface area contributed by atoms with Gasteiger partial charge in [0.25, 0.3) is 0 Å². The van der Waals surface area contributed by atoms with E-state index < -0.39 is 11.9 Å². The van der Waals surface area contributed by atoms with Gasteiger partial charge in [-0.3, -0.25) is 9.59 Å². The molecule has 0 bridgehead atoms. The molecule has 0 spiro atoms. The van der Waals surface area contributed by atoms with Gasteiger partial charge < -0.3 is 15.3 Å². The Hall–Kier alpha value is -1.10. The summed E-state index contributed by atoms with van der Waals surface area (Å²) in [6.45, 7) is 3.65. The van der Waals surface area contributed by atoms with Gasteiger partial charge in [0.05, 0.1) is 5.92 Å². The Balaban J connectivity index is 2.39. The van der Waals surface area contributed by atoms with Crippen molar-refractivity contribution in [2.45, 2.75) is 19.8 Å². The van der Waals surface area contributed by atoms with Crippen molar-refractivity contribution in [3.8, 4) is 0 Å². The van der Waals surface area contributed by atoms with E-state index >= 15 is 0 Å². The zero-order valence-electron chi connectivity index (χ0n) is 9.90. The van der Waals surface area contributed by atoms with E-state index in [4.69, 9.17) is 5.11 Å². The summed E-state index contributed by atoms with van der Waals surface area (Å²) in [5.74, 6) is -1.05. The fourth-order valence-electron chi connectivity index (χ4n) is 2.07. The van der Waals surface area contributed by atoms with Crippen molar-refractivity contribution in [1.29, 1.82) is 0 Å². The number of carboxylic acid groups (broad SMARTS) is 1. The molecule has 1 aliphatic rings. The van der Waals surface area contributed by atoms with Crippen molar-refractivity contribution in [2.75, 3.05) is 26.7 Å². The maximum atomic E-state index is 11.7. The third-order valence-electron chi connectivity index (χ3n) is 3.10. The highest BCUT2D eigenvalue weighted by Crippen LogP contribution is 2.23. The van der Waals surface area contributed by atoms with Crippen LogP contribution in [0.3, 0.4) is 0 Å². The summed E-state index contributed by atoms with van der Waals surface area (Å²) < 4.78 is 0. The molecule has 0 saturated carbocycles. The Kier molecular flexibility index (Phi) is 4.73. The van der Waals surface area contributed by atoms with Crippen LogP contribution in [0.5, 0.6) is 0 Å². The molecule has 0 aromatic rings. The van der Waals surface area contributed by atoms with E-state index in [0.29, 0.717) is 19.5 Å². The molecular formula is C11H20N2O3. The predicted molar refractivity (Wildman–Crippen MR) is 60.0 cm³/mol. The lowest BCUT2D eigenvalue weighted by molar-refractivity contribution is -0.142. The van der Waals surface area contributed by atoms with E-state index in [0.717, 1.165) is 13.0 Å². The monoisotopic (exact) mass is 228 g/mol. The van der Waals surface area contributed by atoms with Crippen LogP contribution in [-0.4, -0.2) is 48.6 Å². The number of carbonyl (C=O) groups excluding carboxylic acids is 1. The number of aliphatic carboxylic acids is 1. The first-order valence-electron chi connectivity index (χ1n) is 5.71. The van der Waals surface area contributed by atoms with Crippen molar-refractivity contribution < 1.29 is 14.7 Å². The van der Waals surface area contributed by atoms with E-state index in [-0.39, 0.29) is 11.8 Å². The highest BCUT2D eigenvalue weighted by atomic mass is 16.4. The molecule has 5 nitrogen and oxygen atoms in total. The summed E-state index contributed by atoms with van der Waals surface area (Å²) >= 11 is 0. The van der Waals surface area contributed by atoms with E-state index in [2.05, 4.69) is 5.32 Å². The molecule has 16 heavy (non-hydrogen) atoms. The van der Waals surface area contributed by atoms with Crippen molar-refractivity contribution in [2.24, 2.45) is 11.8 Å². The summed E-state index contributed by atoms with van der Waals surface area (Å²) in [4.78, 5) is 24.3. The van der Waals surface area contributed by atoms with Gasteiger partial charge in [-0.25, -0.2) is 0 Å². The largest absolute Gasteiger partial charge is 0.481 e. The van der Waals surface area contributed by atoms with Crippen LogP contribution in [0.2, 0.25) is 0 Å². The van der Waals surface area contributed by atoms with Gasteiger partial charge >= 0.3 is 5.97 Å². The van der Waals surface area contributed by atoms with E-state index in [1.54, 1.807) is 4.90 Å². The minimum Gasteiger partial charge on any atom is -0.481 e. The third-order valence-corrected chi connectivity index (χ3v) is 3.10. The first-order chi connectivity index (χ1) is 7.56. The standard InChI is InChI=1S/C11H20N2O3/c1-8-6-13(7-9(8)11(15)16)10(14)4-3-5-12-2/h8-9,12H,3-7H2,1-2H3,(H,15,16)/t8-,9-/m1/s1. The van der Waals surface area contributed by atoms with Gasteiger partial charge in [-0.1, -0.05) is 6.92 Å². The summed E-state index contributed by atoms with van der Waals surface area (Å²) in [6, 6.07) is 0. The van der Waals surface area contributed by atoms with Gasteiger partial charge in [0, 0.05) is 19.5 Å². The lowest BCUT2D eigenvalue weighted by atomic mass is 9.99. The molecule has 0 unspecified atom stereocenters. The van der Waals surface area contributed by atoms with Gasteiger partial charge in [-0.2, -0.15) is 0 Å². The van der Waals surface area contributed by atoms with Crippen LogP contribution in [0, 0.1) is 11.8 Å². The fraction of sp³-hybridized carbons (Fsp3) is 0.818. The summed E-state index contributed by atoms with van der Waals surface area (Å²) in [7, 11) is 1.85. The average molecular weight is 228 g/mol. The third kappa shape index (κ3) is 3.20. The predicted octanol–water partition coefficient (Wildman–Crippen LogP) is 0.165. The van der Waals surface area contributed by atoms with Crippen LogP contribution in [0.15, 0.2) is 0 Å². The van der Waals surface area contributed by atoms with Gasteiger partial charge in [-0.15, -0.1) is 0 Å². The fourth-order valence-corrected chi connectivity index (χ4v) is 2.07. The van der Waals surface area contributed by atoms with E-state index in [1.807, 2.05) is 14.0 Å². The van der Waals surface area contributed by atoms with Crippen molar-refractivity contribution in [3.05, 3.63) is 0 Å². The molecule has 1 aliphatic heterocycles. The van der Waals surface area contributed by atoms with Crippen LogP contribution in [0.4, 0.5) is 0 Å². The molecule has 1 fully saturated rings. The molecule has 92 valence electrons. The molecule has 1 rings (SSSR count). The van der Waals surface area contributed by atoms with Crippen LogP contribution < -0.4 is 5.32 Å². The number of likely N-dealkylation sites (tertiary alicyclic amines) is 1. The van der Waals surface area contributed by atoms with Gasteiger partial charge in [0.1, 0.15) is 0 Å². The highest BCUT2D eigenvalue weighted by molar-refractivity contribution is 5.78. The van der Waals surface area contributed by atoms with Crippen molar-refractivity contribution >= 4 is 11.9 Å². The minimum absolute atomic E-state index is 0.0609. The Bertz CT molecular complexity index is 268. The number of carboxylic acids is 1. The van der Waals surface area contributed by atoms with E-state index in [9.17, 15) is 9.59 Å². The summed E-state index contributed by atoms with van der Waals surface area (Å²) in [6.07, 6.45) is 1.30. The quantitative estimate of drug-likeness (QED) is 0.658. The van der Waals surface area contributed by atoms with Crippen LogP contribution in [-0.2, 0) is 9.59 Å². The normalized spacial score (nSPS) is 24.8. The second kappa shape index (κ2) is 5.84. The summed E-state index contributed by atoms with van der Waals surface area (Å²) in [5.41, 5.74) is 0. The number of hydrogen-bond acceptors (Lipinski definition) is 3. The second-order valence-electron chi connectivity index (χ2n) is 4.43. The maximum Gasteiger partial charge on any atom is 0.308 e. The molecule has 5 heteroatoms. The van der Waals surface area contributed by atoms with Crippen LogP contribution in [0.25, 0.3) is 0 Å². The topological polar surface area (TPSA) is 69.6 Å². The lowest BCUT2D eigenvalue weighted by Crippen LogP contribution is -2.30. The molecule has 2 atom stereocenters. The molecule has 1 saturated heterocycles. The minimum atomic E-state index is -0.793. The number of amides is 1. The second-order valence-corrected chi connectivity index (χ2v) is 4.43. The summed E-state index contributed by atoms with van der Waals surface area (Å²) in [5, 5.41) is 11.9. The SMILES string of the molecule is CNCCCC(=O)N1C[C@@H](C)[C@H](C(=O)O)C1. The molecule has 1 amide bonds. The number of nitrogens with zero attached hydrogens (tertiary/aromatic N) is 1. The molecule has 0 aromatic carbocycles. The van der Waals surface area contributed by atoms with Gasteiger partial charge in [-0.05, 0) is 25.9 Å². The zero-order valence-corrected chi connectivity index (χ0v) is 9.90. The van der Waals surface area contributed by atoms with Crippen LogP contribution >= 0.6 is 0 Å². The lowest BCUT2D eigenvalue weighted by Gasteiger charge is -2.15. The van der Waals surface area contributed by atoms with Gasteiger partial charge in [0.15, 0.2) is 0 Å². The molecule has 0 aliphatic carbocycles. The molecular weight excluding hydrogens is 208 g/mol. The number of rotatable bonds is 5. The maximum absolute atomic E-state index is 11.7. The first kappa shape index (κ1) is 13.0. The number of carbonyl (C=O) groups is 2. The molecule has 1 heterocycles.